The molecule has 0 amide bonds. The van der Waals surface area contributed by atoms with Crippen LogP contribution in [0.2, 0.25) is 0 Å². The zero-order valence-corrected chi connectivity index (χ0v) is 16.9. The third kappa shape index (κ3) is 12.0. The molecule has 1 rings (SSSR count). The molecule has 0 aromatic rings. The van der Waals surface area contributed by atoms with E-state index in [1.807, 2.05) is 6.08 Å². The van der Waals surface area contributed by atoms with Gasteiger partial charge >= 0.3 is 5.97 Å². The Morgan fingerprint density at radius 2 is 2.00 bits per heavy atom. The average Bonchev–Trinajstić information content (AvgIpc) is 3.10. The number of hydrogen-bond acceptors (Lipinski definition) is 5. The van der Waals surface area contributed by atoms with Crippen molar-refractivity contribution in [3.05, 3.63) is 24.3 Å². The number of allylic oxidation sites excluding steroid dienone is 2. The topological polar surface area (TPSA) is 76.0 Å². The molecule has 1 saturated carbocycles. The molecule has 0 radical (unpaired) electrons. The third-order valence-corrected chi connectivity index (χ3v) is 5.11. The highest BCUT2D eigenvalue weighted by molar-refractivity contribution is 5.68. The average molecular weight is 383 g/mol. The zero-order valence-electron chi connectivity index (χ0n) is 16.9. The fraction of sp³-hybridized carbons (Fsp3) is 0.773. The number of unbranched alkanes of at least 4 members (excludes halogenated alkanes) is 3. The molecular formula is C22H38O5. The first-order valence-corrected chi connectivity index (χ1v) is 10.6. The molecule has 0 aliphatic heterocycles. The Bertz CT molecular complexity index is 432. The first kappa shape index (κ1) is 23.9. The van der Waals surface area contributed by atoms with Crippen LogP contribution in [0, 0.1) is 11.8 Å². The Kier molecular flexibility index (Phi) is 14.0. The van der Waals surface area contributed by atoms with Gasteiger partial charge in [-0.3, -0.25) is 4.89 Å². The van der Waals surface area contributed by atoms with Crippen molar-refractivity contribution in [1.29, 1.82) is 0 Å². The van der Waals surface area contributed by atoms with Gasteiger partial charge in [-0.25, -0.2) is 4.79 Å². The molecule has 3 atom stereocenters. The molecule has 1 aliphatic carbocycles. The van der Waals surface area contributed by atoms with Crippen molar-refractivity contribution in [2.45, 2.75) is 83.7 Å². The second-order valence-corrected chi connectivity index (χ2v) is 7.38. The molecule has 5 heteroatoms. The van der Waals surface area contributed by atoms with Crippen molar-refractivity contribution < 1.29 is 24.8 Å². The van der Waals surface area contributed by atoms with Gasteiger partial charge in [0.2, 0.25) is 0 Å². The van der Waals surface area contributed by atoms with Crippen LogP contribution in [-0.2, 0) is 14.6 Å². The standard InChI is InChI=1S/C22H38O5/c1-2-3-6-13-21(24)16-15-20-12-9-11-19(20)10-7-4-5-8-14-22(25)27-26-18-17-23/h3,6,15-16,19-21,23-24H,2,4-5,7-14,17-18H2,1H3/b6-3-,16-15+/t19-,20+,21?/m0/s1. The van der Waals surface area contributed by atoms with Gasteiger partial charge in [0, 0.05) is 6.42 Å². The summed E-state index contributed by atoms with van der Waals surface area (Å²) in [7, 11) is 0. The van der Waals surface area contributed by atoms with Gasteiger partial charge < -0.3 is 10.2 Å². The van der Waals surface area contributed by atoms with Crippen LogP contribution in [0.4, 0.5) is 0 Å². The van der Waals surface area contributed by atoms with Crippen LogP contribution in [-0.4, -0.2) is 35.5 Å². The summed E-state index contributed by atoms with van der Waals surface area (Å²) in [5.41, 5.74) is 0. The summed E-state index contributed by atoms with van der Waals surface area (Å²) in [6, 6.07) is 0. The van der Waals surface area contributed by atoms with Gasteiger partial charge in [0.15, 0.2) is 0 Å². The highest BCUT2D eigenvalue weighted by atomic mass is 17.2. The maximum absolute atomic E-state index is 11.4. The van der Waals surface area contributed by atoms with Crippen LogP contribution in [0.15, 0.2) is 24.3 Å². The maximum atomic E-state index is 11.4. The summed E-state index contributed by atoms with van der Waals surface area (Å²) in [6.45, 7) is 1.97. The van der Waals surface area contributed by atoms with E-state index in [1.165, 1.54) is 32.1 Å². The highest BCUT2D eigenvalue weighted by Gasteiger charge is 2.24. The summed E-state index contributed by atoms with van der Waals surface area (Å²) in [5.74, 6) is 0.974. The van der Waals surface area contributed by atoms with Gasteiger partial charge in [0.25, 0.3) is 0 Å². The lowest BCUT2D eigenvalue weighted by molar-refractivity contribution is -0.275. The number of carbonyl (C=O) groups excluding carboxylic acids is 1. The molecule has 156 valence electrons. The van der Waals surface area contributed by atoms with Crippen molar-refractivity contribution in [3.8, 4) is 0 Å². The van der Waals surface area contributed by atoms with Crippen LogP contribution in [0.25, 0.3) is 0 Å². The Balaban J connectivity index is 2.11. The van der Waals surface area contributed by atoms with Gasteiger partial charge in [-0.2, -0.15) is 4.89 Å². The number of rotatable bonds is 15. The molecule has 5 nitrogen and oxygen atoms in total. The molecule has 0 aromatic heterocycles. The summed E-state index contributed by atoms with van der Waals surface area (Å²) in [5, 5.41) is 18.5. The molecule has 0 spiro atoms. The predicted octanol–water partition coefficient (Wildman–Crippen LogP) is 4.48. The monoisotopic (exact) mass is 382 g/mol. The molecule has 0 bridgehead atoms. The first-order chi connectivity index (χ1) is 13.2. The second kappa shape index (κ2) is 15.8. The minimum atomic E-state index is -0.366. The maximum Gasteiger partial charge on any atom is 0.342 e. The Morgan fingerprint density at radius 1 is 1.19 bits per heavy atom. The summed E-state index contributed by atoms with van der Waals surface area (Å²) in [4.78, 5) is 20.4. The molecular weight excluding hydrogens is 344 g/mol. The van der Waals surface area contributed by atoms with Gasteiger partial charge in [0.1, 0.15) is 6.61 Å². The number of carbonyl (C=O) groups is 1. The molecule has 1 fully saturated rings. The van der Waals surface area contributed by atoms with E-state index in [2.05, 4.69) is 34.9 Å². The third-order valence-electron chi connectivity index (χ3n) is 5.11. The molecule has 0 saturated heterocycles. The van der Waals surface area contributed by atoms with Gasteiger partial charge in [-0.15, -0.1) is 0 Å². The Morgan fingerprint density at radius 3 is 2.78 bits per heavy atom. The molecule has 27 heavy (non-hydrogen) atoms. The van der Waals surface area contributed by atoms with E-state index in [0.29, 0.717) is 18.8 Å². The van der Waals surface area contributed by atoms with E-state index >= 15 is 0 Å². The fourth-order valence-electron chi connectivity index (χ4n) is 3.64. The van der Waals surface area contributed by atoms with E-state index in [0.717, 1.165) is 31.6 Å². The SMILES string of the molecule is CC/C=C\CC(O)/C=C/[C@H]1CCC[C@@H]1CCCCCCC(=O)OOCCO. The lowest BCUT2D eigenvalue weighted by Gasteiger charge is -2.16. The van der Waals surface area contributed by atoms with Crippen molar-refractivity contribution in [3.63, 3.8) is 0 Å². The Hall–Kier alpha value is -1.17. The van der Waals surface area contributed by atoms with Crippen molar-refractivity contribution >= 4 is 5.97 Å². The van der Waals surface area contributed by atoms with Gasteiger partial charge in [0.05, 0.1) is 12.7 Å². The normalized spacial score (nSPS) is 21.3. The highest BCUT2D eigenvalue weighted by Crippen LogP contribution is 2.36. The molecule has 0 heterocycles. The van der Waals surface area contributed by atoms with Crippen LogP contribution < -0.4 is 0 Å². The summed E-state index contributed by atoms with van der Waals surface area (Å²) >= 11 is 0. The van der Waals surface area contributed by atoms with Crippen molar-refractivity contribution in [1.82, 2.24) is 0 Å². The van der Waals surface area contributed by atoms with Gasteiger partial charge in [-0.1, -0.05) is 56.9 Å². The van der Waals surface area contributed by atoms with E-state index < -0.39 is 0 Å². The van der Waals surface area contributed by atoms with E-state index in [4.69, 9.17) is 5.11 Å². The van der Waals surface area contributed by atoms with Crippen LogP contribution in [0.3, 0.4) is 0 Å². The lowest BCUT2D eigenvalue weighted by Crippen LogP contribution is -2.08. The smallest absolute Gasteiger partial charge is 0.342 e. The molecule has 2 N–H and O–H groups in total. The van der Waals surface area contributed by atoms with Crippen LogP contribution in [0.1, 0.15) is 77.6 Å². The van der Waals surface area contributed by atoms with E-state index in [9.17, 15) is 9.90 Å². The quantitative estimate of drug-likeness (QED) is 0.189. The molecule has 1 unspecified atom stereocenters. The van der Waals surface area contributed by atoms with Crippen molar-refractivity contribution in [2.24, 2.45) is 11.8 Å². The lowest BCUT2D eigenvalue weighted by atomic mass is 9.90. The number of aliphatic hydroxyl groups excluding tert-OH is 2. The Labute approximate surface area is 164 Å². The van der Waals surface area contributed by atoms with Crippen LogP contribution in [0.5, 0.6) is 0 Å². The van der Waals surface area contributed by atoms with Gasteiger partial charge in [-0.05, 0) is 50.4 Å². The van der Waals surface area contributed by atoms with Crippen molar-refractivity contribution in [2.75, 3.05) is 13.2 Å². The number of aliphatic hydroxyl groups is 2. The molecule has 0 aromatic carbocycles. The first-order valence-electron chi connectivity index (χ1n) is 10.6. The number of hydrogen-bond donors (Lipinski definition) is 2. The van der Waals surface area contributed by atoms with E-state index in [1.54, 1.807) is 0 Å². The largest absolute Gasteiger partial charge is 0.394 e. The molecule has 1 aliphatic rings. The van der Waals surface area contributed by atoms with E-state index in [-0.39, 0.29) is 25.3 Å². The summed E-state index contributed by atoms with van der Waals surface area (Å²) in [6.07, 6.45) is 19.3. The summed E-state index contributed by atoms with van der Waals surface area (Å²) < 4.78 is 0. The predicted molar refractivity (Wildman–Crippen MR) is 107 cm³/mol. The zero-order chi connectivity index (χ0) is 19.7. The minimum absolute atomic E-state index is 0.0230. The minimum Gasteiger partial charge on any atom is -0.394 e. The second-order valence-electron chi connectivity index (χ2n) is 7.38. The fourth-order valence-corrected chi connectivity index (χ4v) is 3.64. The van der Waals surface area contributed by atoms with Crippen LogP contribution >= 0.6 is 0 Å².